The first-order valence-electron chi connectivity index (χ1n) is 11.2. The van der Waals surface area contributed by atoms with Gasteiger partial charge in [0.1, 0.15) is 5.01 Å². The summed E-state index contributed by atoms with van der Waals surface area (Å²) in [6.45, 7) is 0. The minimum absolute atomic E-state index is 0.0359. The van der Waals surface area contributed by atoms with E-state index in [1.54, 1.807) is 22.7 Å². The van der Waals surface area contributed by atoms with Crippen molar-refractivity contribution in [2.24, 2.45) is 17.8 Å². The first-order chi connectivity index (χ1) is 15.1. The van der Waals surface area contributed by atoms with E-state index in [1.165, 1.54) is 38.5 Å². The number of hydrogen-bond donors (Lipinski definition) is 1. The van der Waals surface area contributed by atoms with Crippen molar-refractivity contribution in [2.75, 3.05) is 5.32 Å². The third-order valence-electron chi connectivity index (χ3n) is 7.17. The minimum atomic E-state index is -0.0359. The fraction of sp³-hybridized carbons (Fsp3) is 0.591. The van der Waals surface area contributed by atoms with E-state index in [0.29, 0.717) is 36.1 Å². The van der Waals surface area contributed by atoms with E-state index in [2.05, 4.69) is 25.7 Å². The summed E-state index contributed by atoms with van der Waals surface area (Å²) in [5.41, 5.74) is 0.230. The Morgan fingerprint density at radius 1 is 1.16 bits per heavy atom. The maximum atomic E-state index is 12.4. The van der Waals surface area contributed by atoms with Gasteiger partial charge >= 0.3 is 0 Å². The SMILES string of the molecule is O=C(CCCc1nc(-c2cccs2)no1)Nc1nnc(C23CC4CC(CC(C4)C2)C3)s1. The van der Waals surface area contributed by atoms with Gasteiger partial charge in [-0.15, -0.1) is 21.5 Å². The highest BCUT2D eigenvalue weighted by molar-refractivity contribution is 7.15. The molecule has 4 bridgehead atoms. The zero-order valence-electron chi connectivity index (χ0n) is 17.2. The minimum Gasteiger partial charge on any atom is -0.339 e. The molecule has 0 aromatic carbocycles. The summed E-state index contributed by atoms with van der Waals surface area (Å²) >= 11 is 3.17. The second-order valence-corrected chi connectivity index (χ2v) is 11.4. The molecule has 1 N–H and O–H groups in total. The molecule has 0 aliphatic heterocycles. The molecular weight excluding hydrogens is 430 g/mol. The molecule has 0 atom stereocenters. The van der Waals surface area contributed by atoms with Crippen LogP contribution in [0.5, 0.6) is 0 Å². The Bertz CT molecular complexity index is 1040. The van der Waals surface area contributed by atoms with Crippen LogP contribution in [0.2, 0.25) is 0 Å². The largest absolute Gasteiger partial charge is 0.339 e. The number of anilines is 1. The van der Waals surface area contributed by atoms with Crippen LogP contribution < -0.4 is 5.32 Å². The molecule has 4 fully saturated rings. The fourth-order valence-electron chi connectivity index (χ4n) is 6.30. The van der Waals surface area contributed by atoms with Crippen molar-refractivity contribution in [2.45, 2.75) is 63.2 Å². The van der Waals surface area contributed by atoms with E-state index in [9.17, 15) is 4.79 Å². The molecule has 4 aliphatic rings. The van der Waals surface area contributed by atoms with Crippen molar-refractivity contribution >= 4 is 33.7 Å². The summed E-state index contributed by atoms with van der Waals surface area (Å²) in [5, 5.41) is 19.6. The fourth-order valence-corrected chi connectivity index (χ4v) is 7.93. The monoisotopic (exact) mass is 455 g/mol. The molecule has 3 aromatic heterocycles. The Kier molecular flexibility index (Phi) is 4.90. The van der Waals surface area contributed by atoms with E-state index in [-0.39, 0.29) is 11.3 Å². The van der Waals surface area contributed by atoms with Crippen LogP contribution in [0.15, 0.2) is 22.0 Å². The van der Waals surface area contributed by atoms with E-state index in [1.807, 2.05) is 17.5 Å². The normalized spacial score (nSPS) is 28.8. The molecule has 9 heteroatoms. The molecule has 31 heavy (non-hydrogen) atoms. The number of amides is 1. The highest BCUT2D eigenvalue weighted by atomic mass is 32.1. The number of carbonyl (C=O) groups excluding carboxylic acids is 1. The van der Waals surface area contributed by atoms with Gasteiger partial charge in [0.25, 0.3) is 0 Å². The van der Waals surface area contributed by atoms with Crippen LogP contribution in [0.3, 0.4) is 0 Å². The van der Waals surface area contributed by atoms with Gasteiger partial charge < -0.3 is 9.84 Å². The lowest BCUT2D eigenvalue weighted by molar-refractivity contribution is -0.116. The second kappa shape index (κ2) is 7.78. The summed E-state index contributed by atoms with van der Waals surface area (Å²) in [4.78, 5) is 17.8. The van der Waals surface area contributed by atoms with Crippen LogP contribution in [0.4, 0.5) is 5.13 Å². The van der Waals surface area contributed by atoms with E-state index >= 15 is 0 Å². The average Bonchev–Trinajstić information content (AvgIpc) is 3.49. The molecule has 4 aliphatic carbocycles. The highest BCUT2D eigenvalue weighted by Crippen LogP contribution is 2.61. The van der Waals surface area contributed by atoms with Crippen LogP contribution in [-0.4, -0.2) is 26.2 Å². The van der Waals surface area contributed by atoms with Crippen molar-refractivity contribution in [3.63, 3.8) is 0 Å². The van der Waals surface area contributed by atoms with E-state index < -0.39 is 0 Å². The van der Waals surface area contributed by atoms with Crippen molar-refractivity contribution in [3.05, 3.63) is 28.4 Å². The van der Waals surface area contributed by atoms with Crippen LogP contribution in [-0.2, 0) is 16.6 Å². The van der Waals surface area contributed by atoms with Gasteiger partial charge in [-0.25, -0.2) is 0 Å². The summed E-state index contributed by atoms with van der Waals surface area (Å²) < 4.78 is 5.30. The lowest BCUT2D eigenvalue weighted by Gasteiger charge is -2.55. The Hall–Kier alpha value is -2.13. The van der Waals surface area contributed by atoms with Crippen LogP contribution in [0, 0.1) is 17.8 Å². The Labute approximate surface area is 188 Å². The molecule has 1 amide bonds. The molecule has 0 radical (unpaired) electrons. The first kappa shape index (κ1) is 19.5. The number of carbonyl (C=O) groups is 1. The number of aromatic nitrogens is 4. The highest BCUT2D eigenvalue weighted by Gasteiger charge is 2.53. The maximum absolute atomic E-state index is 12.4. The average molecular weight is 456 g/mol. The van der Waals surface area contributed by atoms with Crippen LogP contribution >= 0.6 is 22.7 Å². The summed E-state index contributed by atoms with van der Waals surface area (Å²) in [5.74, 6) is 3.76. The van der Waals surface area contributed by atoms with Gasteiger partial charge in [0, 0.05) is 18.3 Å². The molecule has 162 valence electrons. The van der Waals surface area contributed by atoms with Gasteiger partial charge in [0.05, 0.1) is 4.88 Å². The molecule has 7 nitrogen and oxygen atoms in total. The number of hydrogen-bond acceptors (Lipinski definition) is 8. The lowest BCUT2D eigenvalue weighted by Crippen LogP contribution is -2.48. The van der Waals surface area contributed by atoms with Gasteiger partial charge in [-0.2, -0.15) is 4.98 Å². The number of nitrogens with one attached hydrogen (secondary N) is 1. The number of thiophene rings is 1. The second-order valence-electron chi connectivity index (χ2n) is 9.50. The summed E-state index contributed by atoms with van der Waals surface area (Å²) in [6, 6.07) is 3.93. The summed E-state index contributed by atoms with van der Waals surface area (Å²) in [7, 11) is 0. The van der Waals surface area contributed by atoms with Gasteiger partial charge in [0.15, 0.2) is 0 Å². The van der Waals surface area contributed by atoms with E-state index in [0.717, 1.165) is 27.6 Å². The molecule has 7 rings (SSSR count). The molecule has 3 aromatic rings. The third kappa shape index (κ3) is 3.82. The number of rotatable bonds is 7. The Morgan fingerprint density at radius 2 is 1.94 bits per heavy atom. The van der Waals surface area contributed by atoms with Gasteiger partial charge in [-0.05, 0) is 74.1 Å². The molecule has 0 spiro atoms. The predicted molar refractivity (Wildman–Crippen MR) is 119 cm³/mol. The first-order valence-corrected chi connectivity index (χ1v) is 12.9. The van der Waals surface area contributed by atoms with Gasteiger partial charge in [-0.3, -0.25) is 4.79 Å². The zero-order valence-corrected chi connectivity index (χ0v) is 18.9. The molecular formula is C22H25N5O2S2. The Balaban J connectivity index is 1.03. The van der Waals surface area contributed by atoms with Crippen LogP contribution in [0.1, 0.15) is 62.3 Å². The molecule has 4 saturated carbocycles. The topological polar surface area (TPSA) is 93.8 Å². The number of nitrogens with zero attached hydrogens (tertiary/aromatic N) is 4. The Morgan fingerprint density at radius 3 is 2.65 bits per heavy atom. The van der Waals surface area contributed by atoms with Gasteiger partial charge in [-0.1, -0.05) is 22.6 Å². The molecule has 3 heterocycles. The standard InChI is InChI=1S/C22H25N5O2S2/c28-17(4-1-5-18-24-19(27-29-18)16-3-2-6-30-16)23-21-26-25-20(31-21)22-10-13-7-14(11-22)9-15(8-13)12-22/h2-3,6,13-15H,1,4-5,7-12H2,(H,23,26,28). The lowest BCUT2D eigenvalue weighted by atomic mass is 9.50. The van der Waals surface area contributed by atoms with Crippen molar-refractivity contribution in [1.82, 2.24) is 20.3 Å². The van der Waals surface area contributed by atoms with Crippen molar-refractivity contribution < 1.29 is 9.32 Å². The quantitative estimate of drug-likeness (QED) is 0.534. The van der Waals surface area contributed by atoms with E-state index in [4.69, 9.17) is 4.52 Å². The van der Waals surface area contributed by atoms with Gasteiger partial charge in [0.2, 0.25) is 22.8 Å². The zero-order chi connectivity index (χ0) is 20.8. The third-order valence-corrected chi connectivity index (χ3v) is 9.12. The molecule has 0 saturated heterocycles. The number of aryl methyl sites for hydroxylation is 1. The smallest absolute Gasteiger partial charge is 0.226 e. The predicted octanol–water partition coefficient (Wildman–Crippen LogP) is 5.08. The van der Waals surface area contributed by atoms with Crippen LogP contribution in [0.25, 0.3) is 10.7 Å². The van der Waals surface area contributed by atoms with Crippen molar-refractivity contribution in [3.8, 4) is 10.7 Å². The van der Waals surface area contributed by atoms with Crippen molar-refractivity contribution in [1.29, 1.82) is 0 Å². The summed E-state index contributed by atoms with van der Waals surface area (Å²) in [6.07, 6.45) is 9.66. The molecule has 0 unspecified atom stereocenters. The maximum Gasteiger partial charge on any atom is 0.226 e.